The van der Waals surface area contributed by atoms with Crippen molar-refractivity contribution in [2.24, 2.45) is 5.73 Å². The number of nitrogens with two attached hydrogens (primary N) is 1. The summed E-state index contributed by atoms with van der Waals surface area (Å²) in [7, 11) is 0. The third-order valence-electron chi connectivity index (χ3n) is 5.15. The van der Waals surface area contributed by atoms with Gasteiger partial charge in [-0.05, 0) is 12.5 Å². The molecule has 1 aliphatic heterocycles. The molecule has 1 amide bonds. The highest BCUT2D eigenvalue weighted by molar-refractivity contribution is 5.92. The van der Waals surface area contributed by atoms with Crippen LogP contribution in [0.4, 0.5) is 5.82 Å². The van der Waals surface area contributed by atoms with Crippen molar-refractivity contribution in [1.82, 2.24) is 24.4 Å². The van der Waals surface area contributed by atoms with Gasteiger partial charge in [0.05, 0.1) is 19.4 Å². The van der Waals surface area contributed by atoms with Gasteiger partial charge in [-0.1, -0.05) is 29.8 Å². The summed E-state index contributed by atoms with van der Waals surface area (Å²) in [4.78, 5) is 18.5. The molecule has 4 aromatic rings. The number of ether oxygens (including phenoxy) is 1. The number of carbonyl (C=O) groups excluding carboxylic acids is 1. The molecule has 0 bridgehead atoms. The van der Waals surface area contributed by atoms with Gasteiger partial charge in [0.1, 0.15) is 5.82 Å². The van der Waals surface area contributed by atoms with E-state index in [1.165, 1.54) is 5.56 Å². The average molecular weight is 403 g/mol. The lowest BCUT2D eigenvalue weighted by molar-refractivity contribution is 0.0995. The number of fused-ring (bicyclic) bond motifs is 1. The topological polar surface area (TPSA) is 104 Å². The van der Waals surface area contributed by atoms with E-state index < -0.39 is 5.91 Å². The first-order valence-corrected chi connectivity index (χ1v) is 9.74. The van der Waals surface area contributed by atoms with Gasteiger partial charge in [-0.25, -0.2) is 9.67 Å². The van der Waals surface area contributed by atoms with Crippen molar-refractivity contribution in [3.8, 4) is 16.9 Å². The second-order valence-electron chi connectivity index (χ2n) is 7.28. The van der Waals surface area contributed by atoms with E-state index >= 15 is 0 Å². The van der Waals surface area contributed by atoms with Crippen molar-refractivity contribution in [3.05, 3.63) is 60.0 Å². The fourth-order valence-corrected chi connectivity index (χ4v) is 3.62. The molecule has 9 nitrogen and oxygen atoms in total. The number of benzene rings is 1. The van der Waals surface area contributed by atoms with Gasteiger partial charge in [-0.3, -0.25) is 4.79 Å². The molecule has 30 heavy (non-hydrogen) atoms. The number of rotatable bonds is 4. The van der Waals surface area contributed by atoms with Crippen LogP contribution in [0.25, 0.3) is 22.6 Å². The SMILES string of the molecule is Cc1cccc(-c2cnn(-c3cc(N4CCOCC4)n4nc(C(N)=O)cc4n3)c2)c1. The number of hydrogen-bond donors (Lipinski definition) is 1. The van der Waals surface area contributed by atoms with Crippen molar-refractivity contribution in [1.29, 1.82) is 0 Å². The molecule has 0 aliphatic carbocycles. The van der Waals surface area contributed by atoms with Gasteiger partial charge in [0.2, 0.25) is 0 Å². The van der Waals surface area contributed by atoms with Gasteiger partial charge in [0.15, 0.2) is 17.2 Å². The molecule has 152 valence electrons. The zero-order valence-electron chi connectivity index (χ0n) is 16.5. The zero-order chi connectivity index (χ0) is 20.7. The number of anilines is 1. The fraction of sp³-hybridized carbons (Fsp3) is 0.238. The molecule has 0 unspecified atom stereocenters. The Bertz CT molecular complexity index is 1240. The summed E-state index contributed by atoms with van der Waals surface area (Å²) in [5.74, 6) is 0.869. The van der Waals surface area contributed by atoms with Crippen LogP contribution in [0.5, 0.6) is 0 Å². The van der Waals surface area contributed by atoms with Crippen molar-refractivity contribution >= 4 is 17.4 Å². The highest BCUT2D eigenvalue weighted by Crippen LogP contribution is 2.24. The summed E-state index contributed by atoms with van der Waals surface area (Å²) in [6.45, 7) is 4.76. The first-order chi connectivity index (χ1) is 14.6. The Morgan fingerprint density at radius 3 is 2.73 bits per heavy atom. The summed E-state index contributed by atoms with van der Waals surface area (Å²) in [6, 6.07) is 11.8. The first kappa shape index (κ1) is 18.3. The van der Waals surface area contributed by atoms with Gasteiger partial charge in [0.25, 0.3) is 5.91 Å². The van der Waals surface area contributed by atoms with Crippen LogP contribution in [-0.2, 0) is 4.74 Å². The maximum atomic E-state index is 11.7. The lowest BCUT2D eigenvalue weighted by Gasteiger charge is -2.29. The van der Waals surface area contributed by atoms with Crippen LogP contribution < -0.4 is 10.6 Å². The maximum absolute atomic E-state index is 11.7. The van der Waals surface area contributed by atoms with Crippen LogP contribution in [0, 0.1) is 6.92 Å². The Hall–Kier alpha value is -3.72. The summed E-state index contributed by atoms with van der Waals surface area (Å²) < 4.78 is 8.86. The van der Waals surface area contributed by atoms with Crippen LogP contribution in [0.15, 0.2) is 48.8 Å². The molecule has 0 spiro atoms. The molecule has 9 heteroatoms. The average Bonchev–Trinajstić information content (AvgIpc) is 3.41. The second-order valence-corrected chi connectivity index (χ2v) is 7.28. The fourth-order valence-electron chi connectivity index (χ4n) is 3.62. The van der Waals surface area contributed by atoms with Crippen molar-refractivity contribution in [2.45, 2.75) is 6.92 Å². The van der Waals surface area contributed by atoms with Gasteiger partial charge in [-0.2, -0.15) is 14.7 Å². The lowest BCUT2D eigenvalue weighted by Crippen LogP contribution is -2.37. The predicted octanol–water partition coefficient (Wildman–Crippen LogP) is 1.83. The normalized spacial score (nSPS) is 14.4. The molecule has 0 atom stereocenters. The minimum Gasteiger partial charge on any atom is -0.378 e. The number of carbonyl (C=O) groups is 1. The minimum absolute atomic E-state index is 0.176. The molecular weight excluding hydrogens is 382 g/mol. The molecule has 1 fully saturated rings. The van der Waals surface area contributed by atoms with Crippen LogP contribution >= 0.6 is 0 Å². The number of nitrogens with zero attached hydrogens (tertiary/aromatic N) is 6. The molecule has 1 saturated heterocycles. The Kier molecular flexibility index (Phi) is 4.44. The third-order valence-corrected chi connectivity index (χ3v) is 5.15. The maximum Gasteiger partial charge on any atom is 0.269 e. The quantitative estimate of drug-likeness (QED) is 0.558. The molecule has 1 aromatic carbocycles. The number of aromatic nitrogens is 5. The largest absolute Gasteiger partial charge is 0.378 e. The van der Waals surface area contributed by atoms with Crippen LogP contribution in [0.2, 0.25) is 0 Å². The number of amides is 1. The van der Waals surface area contributed by atoms with Gasteiger partial charge in [0, 0.05) is 37.0 Å². The highest BCUT2D eigenvalue weighted by Gasteiger charge is 2.20. The molecule has 2 N–H and O–H groups in total. The van der Waals surface area contributed by atoms with Crippen molar-refractivity contribution in [3.63, 3.8) is 0 Å². The van der Waals surface area contributed by atoms with E-state index in [0.717, 1.165) is 30.0 Å². The van der Waals surface area contributed by atoms with Gasteiger partial charge >= 0.3 is 0 Å². The Labute approximate surface area is 172 Å². The molecule has 0 saturated carbocycles. The van der Waals surface area contributed by atoms with E-state index in [2.05, 4.69) is 45.2 Å². The summed E-state index contributed by atoms with van der Waals surface area (Å²) in [6.07, 6.45) is 3.77. The molecular formula is C21H21N7O2. The Morgan fingerprint density at radius 2 is 1.97 bits per heavy atom. The number of hydrogen-bond acceptors (Lipinski definition) is 6. The Morgan fingerprint density at radius 1 is 1.13 bits per heavy atom. The van der Waals surface area contributed by atoms with Crippen LogP contribution in [0.1, 0.15) is 16.1 Å². The Balaban J connectivity index is 1.61. The van der Waals surface area contributed by atoms with E-state index in [9.17, 15) is 4.79 Å². The molecule has 1 aliphatic rings. The van der Waals surface area contributed by atoms with Gasteiger partial charge < -0.3 is 15.4 Å². The molecule has 5 rings (SSSR count). The van der Waals surface area contributed by atoms with E-state index in [-0.39, 0.29) is 5.69 Å². The summed E-state index contributed by atoms with van der Waals surface area (Å²) in [5.41, 5.74) is 9.44. The summed E-state index contributed by atoms with van der Waals surface area (Å²) >= 11 is 0. The second kappa shape index (κ2) is 7.27. The third kappa shape index (κ3) is 3.29. The number of primary amides is 1. The molecule has 3 aromatic heterocycles. The summed E-state index contributed by atoms with van der Waals surface area (Å²) in [5, 5.41) is 8.87. The monoisotopic (exact) mass is 403 g/mol. The lowest BCUT2D eigenvalue weighted by atomic mass is 10.1. The van der Waals surface area contributed by atoms with Crippen LogP contribution in [-0.4, -0.2) is 56.6 Å². The van der Waals surface area contributed by atoms with Gasteiger partial charge in [-0.15, -0.1) is 0 Å². The molecule has 4 heterocycles. The van der Waals surface area contributed by atoms with Crippen molar-refractivity contribution < 1.29 is 9.53 Å². The standard InChI is InChI=1S/C21H21N7O2/c1-14-3-2-4-15(9-14)16-12-23-27(13-16)18-11-20(26-5-7-30-8-6-26)28-19(24-18)10-17(25-28)21(22)29/h2-4,9-13H,5-8H2,1H3,(H2,22,29). The first-order valence-electron chi connectivity index (χ1n) is 9.74. The minimum atomic E-state index is -0.587. The van der Waals surface area contributed by atoms with E-state index in [0.29, 0.717) is 24.7 Å². The van der Waals surface area contributed by atoms with E-state index in [4.69, 9.17) is 10.5 Å². The number of morpholine rings is 1. The number of aryl methyl sites for hydroxylation is 1. The van der Waals surface area contributed by atoms with Crippen LogP contribution in [0.3, 0.4) is 0 Å². The van der Waals surface area contributed by atoms with Crippen molar-refractivity contribution in [2.75, 3.05) is 31.2 Å². The van der Waals surface area contributed by atoms with E-state index in [1.807, 2.05) is 24.5 Å². The predicted molar refractivity (Wildman–Crippen MR) is 112 cm³/mol. The highest BCUT2D eigenvalue weighted by atomic mass is 16.5. The smallest absolute Gasteiger partial charge is 0.269 e. The van der Waals surface area contributed by atoms with E-state index in [1.54, 1.807) is 15.3 Å². The zero-order valence-corrected chi connectivity index (χ0v) is 16.5. The molecule has 0 radical (unpaired) electrons.